The van der Waals surface area contributed by atoms with Gasteiger partial charge in [0, 0.05) is 35.7 Å². The summed E-state index contributed by atoms with van der Waals surface area (Å²) in [6.07, 6.45) is 2.38. The van der Waals surface area contributed by atoms with Crippen molar-refractivity contribution in [3.63, 3.8) is 0 Å². The van der Waals surface area contributed by atoms with Gasteiger partial charge < -0.3 is 21.4 Å². The van der Waals surface area contributed by atoms with E-state index in [1.165, 1.54) is 18.5 Å². The number of imidazole rings is 1. The van der Waals surface area contributed by atoms with Crippen LogP contribution in [0.1, 0.15) is 24.0 Å². The van der Waals surface area contributed by atoms with E-state index in [2.05, 4.69) is 27.0 Å². The highest BCUT2D eigenvalue weighted by atomic mass is 32.2. The molecule has 1 fully saturated rings. The number of hydrogen-bond donors (Lipinski definition) is 5. The molecule has 1 aliphatic heterocycles. The second kappa shape index (κ2) is 8.16. The molecule has 2 heterocycles. The maximum atomic E-state index is 7.57. The first kappa shape index (κ1) is 19.3. The highest BCUT2D eigenvalue weighted by Gasteiger charge is 2.21. The van der Waals surface area contributed by atoms with Gasteiger partial charge in [-0.25, -0.2) is 4.98 Å². The zero-order valence-corrected chi connectivity index (χ0v) is 16.9. The first-order valence-electron chi connectivity index (χ1n) is 9.66. The number of aromatic nitrogens is 2. The van der Waals surface area contributed by atoms with E-state index in [0.717, 1.165) is 40.6 Å². The predicted octanol–water partition coefficient (Wildman–Crippen LogP) is 3.14. The standard InChI is InChI=1S/C21H25N7S/c22-19(23)14-3-6-16(7-4-14)28-9-1-2-13(11-28)12-29-21-26-17-8-5-15(20(24)25)10-18(17)27-21/h3-8,10,13H,1-2,9,11-12H2,(H3,22,23)(H3,24,25)(H,26,27). The number of rotatable bonds is 6. The minimum atomic E-state index is 0.0642. The number of nitrogens with one attached hydrogen (secondary N) is 3. The molecule has 29 heavy (non-hydrogen) atoms. The molecule has 1 atom stereocenters. The summed E-state index contributed by atoms with van der Waals surface area (Å²) in [6, 6.07) is 13.5. The quantitative estimate of drug-likeness (QED) is 0.243. The van der Waals surface area contributed by atoms with Gasteiger partial charge in [0.2, 0.25) is 0 Å². The van der Waals surface area contributed by atoms with E-state index < -0.39 is 0 Å². The maximum Gasteiger partial charge on any atom is 0.166 e. The Labute approximate surface area is 173 Å². The van der Waals surface area contributed by atoms with Crippen LogP contribution in [0, 0.1) is 16.7 Å². The summed E-state index contributed by atoms with van der Waals surface area (Å²) in [4.78, 5) is 10.4. The number of hydrogen-bond acceptors (Lipinski definition) is 5. The lowest BCUT2D eigenvalue weighted by Crippen LogP contribution is -2.36. The summed E-state index contributed by atoms with van der Waals surface area (Å²) < 4.78 is 0. The zero-order chi connectivity index (χ0) is 20.4. The van der Waals surface area contributed by atoms with E-state index in [4.69, 9.17) is 22.3 Å². The Hall–Kier alpha value is -3.00. The van der Waals surface area contributed by atoms with Crippen LogP contribution in [0.4, 0.5) is 5.69 Å². The minimum absolute atomic E-state index is 0.0642. The fraction of sp³-hybridized carbons (Fsp3) is 0.286. The lowest BCUT2D eigenvalue weighted by atomic mass is 9.99. The average molecular weight is 408 g/mol. The van der Waals surface area contributed by atoms with Gasteiger partial charge in [-0.3, -0.25) is 10.8 Å². The van der Waals surface area contributed by atoms with Crippen molar-refractivity contribution in [2.45, 2.75) is 18.0 Å². The summed E-state index contributed by atoms with van der Waals surface area (Å²) >= 11 is 1.75. The zero-order valence-electron chi connectivity index (χ0n) is 16.1. The smallest absolute Gasteiger partial charge is 0.166 e. The van der Waals surface area contributed by atoms with Gasteiger partial charge in [-0.05, 0) is 61.2 Å². The normalized spacial score (nSPS) is 16.8. The predicted molar refractivity (Wildman–Crippen MR) is 120 cm³/mol. The Balaban J connectivity index is 1.39. The summed E-state index contributed by atoms with van der Waals surface area (Å²) in [6.45, 7) is 2.07. The topological polar surface area (TPSA) is 132 Å². The Kier molecular flexibility index (Phi) is 5.44. The third kappa shape index (κ3) is 4.37. The molecule has 0 saturated carbocycles. The molecule has 1 aliphatic rings. The van der Waals surface area contributed by atoms with Crippen LogP contribution < -0.4 is 16.4 Å². The number of nitrogens with two attached hydrogens (primary N) is 2. The number of nitrogen functional groups attached to an aromatic ring is 2. The van der Waals surface area contributed by atoms with E-state index in [-0.39, 0.29) is 11.7 Å². The van der Waals surface area contributed by atoms with Gasteiger partial charge in [-0.15, -0.1) is 0 Å². The molecular formula is C21H25N7S. The van der Waals surface area contributed by atoms with Gasteiger partial charge in [-0.2, -0.15) is 0 Å². The van der Waals surface area contributed by atoms with Crippen molar-refractivity contribution in [2.24, 2.45) is 17.4 Å². The second-order valence-corrected chi connectivity index (χ2v) is 8.42. The molecular weight excluding hydrogens is 382 g/mol. The monoisotopic (exact) mass is 407 g/mol. The number of H-pyrrole nitrogens is 1. The summed E-state index contributed by atoms with van der Waals surface area (Å²) in [5.74, 6) is 1.75. The highest BCUT2D eigenvalue weighted by molar-refractivity contribution is 7.99. The number of amidine groups is 2. The second-order valence-electron chi connectivity index (χ2n) is 7.41. The van der Waals surface area contributed by atoms with E-state index in [0.29, 0.717) is 11.5 Å². The molecule has 1 saturated heterocycles. The molecule has 0 spiro atoms. The Morgan fingerprint density at radius 1 is 1.10 bits per heavy atom. The Bertz CT molecular complexity index is 1040. The van der Waals surface area contributed by atoms with Crippen molar-refractivity contribution < 1.29 is 0 Å². The van der Waals surface area contributed by atoms with Crippen molar-refractivity contribution in [3.8, 4) is 0 Å². The van der Waals surface area contributed by atoms with Gasteiger partial charge >= 0.3 is 0 Å². The molecule has 0 aliphatic carbocycles. The summed E-state index contributed by atoms with van der Waals surface area (Å²) in [5, 5.41) is 16.0. The number of nitrogens with zero attached hydrogens (tertiary/aromatic N) is 2. The van der Waals surface area contributed by atoms with E-state index in [9.17, 15) is 0 Å². The molecule has 0 radical (unpaired) electrons. The summed E-state index contributed by atoms with van der Waals surface area (Å²) in [7, 11) is 0. The van der Waals surface area contributed by atoms with Crippen LogP contribution in [0.5, 0.6) is 0 Å². The third-order valence-corrected chi connectivity index (χ3v) is 6.39. The number of aromatic amines is 1. The minimum Gasteiger partial charge on any atom is -0.384 e. The maximum absolute atomic E-state index is 7.57. The van der Waals surface area contributed by atoms with Crippen LogP contribution in [0.15, 0.2) is 47.6 Å². The summed E-state index contributed by atoms with van der Waals surface area (Å²) in [5.41, 5.74) is 15.6. The number of fused-ring (bicyclic) bond motifs is 1. The molecule has 7 N–H and O–H groups in total. The molecule has 1 unspecified atom stereocenters. The van der Waals surface area contributed by atoms with Gasteiger partial charge in [-0.1, -0.05) is 11.8 Å². The average Bonchev–Trinajstić information content (AvgIpc) is 3.14. The molecule has 3 aromatic rings. The SMILES string of the molecule is N=C(N)c1ccc(N2CCCC(CSc3nc4ccc(C(=N)N)cc4[nH]3)C2)cc1. The van der Waals surface area contributed by atoms with Crippen molar-refractivity contribution in [1.82, 2.24) is 9.97 Å². The van der Waals surface area contributed by atoms with Gasteiger partial charge in [0.1, 0.15) is 11.7 Å². The largest absolute Gasteiger partial charge is 0.384 e. The molecule has 0 bridgehead atoms. The molecule has 150 valence electrons. The van der Waals surface area contributed by atoms with Crippen LogP contribution in [0.25, 0.3) is 11.0 Å². The van der Waals surface area contributed by atoms with Crippen molar-refractivity contribution in [3.05, 3.63) is 53.6 Å². The molecule has 0 amide bonds. The molecule has 2 aromatic carbocycles. The first-order valence-corrected chi connectivity index (χ1v) is 10.6. The van der Waals surface area contributed by atoms with Crippen LogP contribution >= 0.6 is 11.8 Å². The van der Waals surface area contributed by atoms with Crippen LogP contribution in [-0.2, 0) is 0 Å². The van der Waals surface area contributed by atoms with E-state index >= 15 is 0 Å². The van der Waals surface area contributed by atoms with Crippen LogP contribution in [0.2, 0.25) is 0 Å². The number of benzene rings is 2. The molecule has 4 rings (SSSR count). The fourth-order valence-electron chi connectivity index (χ4n) is 3.71. The fourth-order valence-corrected chi connectivity index (χ4v) is 4.72. The number of thioether (sulfide) groups is 1. The van der Waals surface area contributed by atoms with Crippen LogP contribution in [-0.4, -0.2) is 40.5 Å². The lowest BCUT2D eigenvalue weighted by Gasteiger charge is -2.34. The van der Waals surface area contributed by atoms with Gasteiger partial charge in [0.15, 0.2) is 5.16 Å². The first-order chi connectivity index (χ1) is 14.0. The third-order valence-electron chi connectivity index (χ3n) is 5.29. The van der Waals surface area contributed by atoms with Crippen molar-refractivity contribution in [1.29, 1.82) is 10.8 Å². The number of piperidine rings is 1. The Morgan fingerprint density at radius 2 is 1.83 bits per heavy atom. The van der Waals surface area contributed by atoms with E-state index in [1.807, 2.05) is 30.3 Å². The lowest BCUT2D eigenvalue weighted by molar-refractivity contribution is 0.453. The molecule has 7 nitrogen and oxygen atoms in total. The molecule has 8 heteroatoms. The highest BCUT2D eigenvalue weighted by Crippen LogP contribution is 2.28. The molecule has 1 aromatic heterocycles. The van der Waals surface area contributed by atoms with Gasteiger partial charge in [0.25, 0.3) is 0 Å². The number of anilines is 1. The van der Waals surface area contributed by atoms with Crippen molar-refractivity contribution >= 4 is 40.2 Å². The Morgan fingerprint density at radius 3 is 2.55 bits per heavy atom. The van der Waals surface area contributed by atoms with Crippen molar-refractivity contribution in [2.75, 3.05) is 23.7 Å². The van der Waals surface area contributed by atoms with E-state index in [1.54, 1.807) is 11.8 Å². The van der Waals surface area contributed by atoms with Gasteiger partial charge in [0.05, 0.1) is 11.0 Å². The van der Waals surface area contributed by atoms with Crippen LogP contribution in [0.3, 0.4) is 0 Å².